The summed E-state index contributed by atoms with van der Waals surface area (Å²) in [6.45, 7) is 4.25. The fraction of sp³-hybridized carbons (Fsp3) is 0.435. The van der Waals surface area contributed by atoms with Crippen LogP contribution in [0.1, 0.15) is 43.2 Å². The number of nitrogens with zero attached hydrogens (tertiary/aromatic N) is 2. The highest BCUT2D eigenvalue weighted by Crippen LogP contribution is 2.45. The predicted octanol–water partition coefficient (Wildman–Crippen LogP) is 2.90. The lowest BCUT2D eigenvalue weighted by atomic mass is 9.95. The number of hydrogen-bond acceptors (Lipinski definition) is 6. The summed E-state index contributed by atoms with van der Waals surface area (Å²) < 4.78 is 0. The van der Waals surface area contributed by atoms with Gasteiger partial charge in [-0.2, -0.15) is 5.06 Å². The molecule has 2 aliphatic rings. The number of amides is 3. The van der Waals surface area contributed by atoms with Gasteiger partial charge in [-0.3, -0.25) is 24.1 Å². The Labute approximate surface area is 185 Å². The van der Waals surface area contributed by atoms with E-state index in [2.05, 4.69) is 5.32 Å². The van der Waals surface area contributed by atoms with E-state index in [1.807, 2.05) is 61.7 Å². The van der Waals surface area contributed by atoms with E-state index in [-0.39, 0.29) is 36.9 Å². The number of benzene rings is 1. The van der Waals surface area contributed by atoms with Gasteiger partial charge in [0, 0.05) is 10.9 Å². The van der Waals surface area contributed by atoms with Gasteiger partial charge in [0.15, 0.2) is 6.10 Å². The average Bonchev–Trinajstić information content (AvgIpc) is 3.47. The van der Waals surface area contributed by atoms with E-state index in [0.717, 1.165) is 23.3 Å². The van der Waals surface area contributed by atoms with Crippen LogP contribution in [-0.2, 0) is 25.8 Å². The molecule has 7 nitrogen and oxygen atoms in total. The van der Waals surface area contributed by atoms with Crippen molar-refractivity contribution in [2.75, 3.05) is 6.54 Å². The number of imide groups is 1. The molecule has 0 radical (unpaired) electrons. The van der Waals surface area contributed by atoms with Crippen LogP contribution in [0.4, 0.5) is 0 Å². The van der Waals surface area contributed by atoms with Crippen molar-refractivity contribution in [2.45, 2.75) is 51.4 Å². The maximum absolute atomic E-state index is 13.3. The standard InChI is InChI=1S/C23H27N3O4S/c1-3-16(4-2)24-18(27)14-26-20(17-11-8-12-31-17)19-21(30-26)23(29)25(22(19)28)13-15-9-6-5-7-10-15/h5-12,16,19-21H,3-4,13-14H2,1-2H3,(H,24,27). The van der Waals surface area contributed by atoms with Crippen molar-refractivity contribution in [1.29, 1.82) is 0 Å². The number of carbonyl (C=O) groups is 3. The lowest BCUT2D eigenvalue weighted by Crippen LogP contribution is -2.43. The molecule has 3 atom stereocenters. The second-order valence-corrected chi connectivity index (χ2v) is 8.90. The first kappa shape index (κ1) is 21.7. The van der Waals surface area contributed by atoms with Crippen molar-refractivity contribution in [3.8, 4) is 0 Å². The summed E-state index contributed by atoms with van der Waals surface area (Å²) in [4.78, 5) is 47.2. The van der Waals surface area contributed by atoms with Crippen LogP contribution in [0.5, 0.6) is 0 Å². The Hall–Kier alpha value is -2.55. The molecule has 3 amide bonds. The smallest absolute Gasteiger partial charge is 0.261 e. The molecule has 3 heterocycles. The van der Waals surface area contributed by atoms with Crippen LogP contribution in [-0.4, -0.2) is 46.4 Å². The zero-order chi connectivity index (χ0) is 22.0. The third-order valence-electron chi connectivity index (χ3n) is 5.95. The van der Waals surface area contributed by atoms with Gasteiger partial charge in [-0.05, 0) is 29.9 Å². The van der Waals surface area contributed by atoms with Crippen LogP contribution in [0.25, 0.3) is 0 Å². The van der Waals surface area contributed by atoms with Gasteiger partial charge in [0.05, 0.1) is 18.5 Å². The van der Waals surface area contributed by atoms with E-state index in [1.165, 1.54) is 21.3 Å². The lowest BCUT2D eigenvalue weighted by molar-refractivity contribution is -0.182. The molecule has 0 aliphatic carbocycles. The van der Waals surface area contributed by atoms with Crippen molar-refractivity contribution < 1.29 is 19.2 Å². The highest BCUT2D eigenvalue weighted by molar-refractivity contribution is 7.10. The van der Waals surface area contributed by atoms with Crippen LogP contribution >= 0.6 is 11.3 Å². The zero-order valence-corrected chi connectivity index (χ0v) is 18.5. The van der Waals surface area contributed by atoms with Crippen LogP contribution in [0, 0.1) is 5.92 Å². The molecule has 0 saturated carbocycles. The highest BCUT2D eigenvalue weighted by Gasteiger charge is 2.60. The van der Waals surface area contributed by atoms with Gasteiger partial charge in [0.25, 0.3) is 5.91 Å². The normalized spacial score (nSPS) is 23.6. The molecular weight excluding hydrogens is 414 g/mol. The predicted molar refractivity (Wildman–Crippen MR) is 117 cm³/mol. The number of rotatable bonds is 8. The molecule has 8 heteroatoms. The van der Waals surface area contributed by atoms with Crippen molar-refractivity contribution >= 4 is 29.1 Å². The summed E-state index contributed by atoms with van der Waals surface area (Å²) in [6.07, 6.45) is 0.784. The summed E-state index contributed by atoms with van der Waals surface area (Å²) >= 11 is 1.50. The number of carbonyl (C=O) groups excluding carboxylic acids is 3. The fourth-order valence-electron chi connectivity index (χ4n) is 4.27. The van der Waals surface area contributed by atoms with E-state index in [0.29, 0.717) is 0 Å². The van der Waals surface area contributed by atoms with Gasteiger partial charge in [-0.25, -0.2) is 0 Å². The second-order valence-electron chi connectivity index (χ2n) is 7.92. The summed E-state index contributed by atoms with van der Waals surface area (Å²) in [6, 6.07) is 12.9. The number of likely N-dealkylation sites (tertiary alicyclic amines) is 1. The minimum Gasteiger partial charge on any atom is -0.352 e. The second kappa shape index (κ2) is 9.30. The minimum absolute atomic E-state index is 0.0225. The highest BCUT2D eigenvalue weighted by atomic mass is 32.1. The molecule has 4 rings (SSSR count). The van der Waals surface area contributed by atoms with Crippen molar-refractivity contribution in [2.24, 2.45) is 5.92 Å². The van der Waals surface area contributed by atoms with Crippen molar-refractivity contribution in [1.82, 2.24) is 15.3 Å². The molecule has 31 heavy (non-hydrogen) atoms. The number of fused-ring (bicyclic) bond motifs is 1. The SMILES string of the molecule is CCC(CC)NC(=O)CN1OC2C(=O)N(Cc3ccccc3)C(=O)C2C1c1cccs1. The summed E-state index contributed by atoms with van der Waals surface area (Å²) in [7, 11) is 0. The van der Waals surface area contributed by atoms with Gasteiger partial charge >= 0.3 is 0 Å². The van der Waals surface area contributed by atoms with Crippen LogP contribution in [0.2, 0.25) is 0 Å². The molecule has 164 valence electrons. The maximum atomic E-state index is 13.3. The first-order valence-corrected chi connectivity index (χ1v) is 11.6. The Morgan fingerprint density at radius 1 is 1.10 bits per heavy atom. The summed E-state index contributed by atoms with van der Waals surface area (Å²) in [5, 5.41) is 6.45. The summed E-state index contributed by atoms with van der Waals surface area (Å²) in [5.74, 6) is -1.42. The van der Waals surface area contributed by atoms with E-state index in [4.69, 9.17) is 4.84 Å². The lowest BCUT2D eigenvalue weighted by Gasteiger charge is -2.26. The van der Waals surface area contributed by atoms with E-state index >= 15 is 0 Å². The van der Waals surface area contributed by atoms with Gasteiger partial charge in [0.2, 0.25) is 11.8 Å². The average molecular weight is 442 g/mol. The number of hydrogen-bond donors (Lipinski definition) is 1. The third-order valence-corrected chi connectivity index (χ3v) is 6.90. The molecule has 2 aromatic rings. The molecule has 3 unspecified atom stereocenters. The molecule has 0 bridgehead atoms. The van der Waals surface area contributed by atoms with Gasteiger partial charge < -0.3 is 5.32 Å². The fourth-order valence-corrected chi connectivity index (χ4v) is 5.15. The Morgan fingerprint density at radius 3 is 2.48 bits per heavy atom. The van der Waals surface area contributed by atoms with E-state index in [9.17, 15) is 14.4 Å². The summed E-state index contributed by atoms with van der Waals surface area (Å²) in [5.41, 5.74) is 0.887. The molecular formula is C23H27N3O4S. The zero-order valence-electron chi connectivity index (χ0n) is 17.7. The quantitative estimate of drug-likeness (QED) is 0.638. The Balaban J connectivity index is 1.55. The Bertz CT molecular complexity index is 930. The number of thiophene rings is 1. The van der Waals surface area contributed by atoms with Crippen LogP contribution < -0.4 is 5.32 Å². The van der Waals surface area contributed by atoms with Gasteiger partial charge in [-0.1, -0.05) is 50.2 Å². The first-order valence-electron chi connectivity index (χ1n) is 10.7. The monoisotopic (exact) mass is 441 g/mol. The number of nitrogens with one attached hydrogen (secondary N) is 1. The molecule has 1 N–H and O–H groups in total. The minimum atomic E-state index is -0.899. The molecule has 2 aliphatic heterocycles. The Morgan fingerprint density at radius 2 is 1.84 bits per heavy atom. The molecule has 1 aromatic heterocycles. The van der Waals surface area contributed by atoms with Crippen molar-refractivity contribution in [3.05, 3.63) is 58.3 Å². The van der Waals surface area contributed by atoms with Crippen LogP contribution in [0.3, 0.4) is 0 Å². The first-order chi connectivity index (χ1) is 15.0. The number of hydroxylamine groups is 2. The Kier molecular flexibility index (Phi) is 6.50. The van der Waals surface area contributed by atoms with E-state index in [1.54, 1.807) is 0 Å². The third kappa shape index (κ3) is 4.28. The molecule has 2 fully saturated rings. The van der Waals surface area contributed by atoms with Gasteiger partial charge in [0.1, 0.15) is 6.54 Å². The largest absolute Gasteiger partial charge is 0.352 e. The molecule has 0 spiro atoms. The van der Waals surface area contributed by atoms with Crippen molar-refractivity contribution in [3.63, 3.8) is 0 Å². The topological polar surface area (TPSA) is 79.0 Å². The van der Waals surface area contributed by atoms with Crippen LogP contribution in [0.15, 0.2) is 47.8 Å². The van der Waals surface area contributed by atoms with E-state index < -0.39 is 18.1 Å². The molecule has 2 saturated heterocycles. The maximum Gasteiger partial charge on any atom is 0.261 e. The van der Waals surface area contributed by atoms with Gasteiger partial charge in [-0.15, -0.1) is 11.3 Å². The molecule has 1 aromatic carbocycles.